The second-order valence-corrected chi connectivity index (χ2v) is 7.66. The van der Waals surface area contributed by atoms with Gasteiger partial charge < -0.3 is 13.9 Å². The number of anilines is 3. The average molecular weight is 413 g/mol. The number of ether oxygens (including phenoxy) is 2. The summed E-state index contributed by atoms with van der Waals surface area (Å²) in [6.45, 7) is 0. The molecule has 32 heavy (non-hydrogen) atoms. The Kier molecular flexibility index (Phi) is 3.05. The quantitative estimate of drug-likeness (QED) is 0.266. The van der Waals surface area contributed by atoms with Crippen LogP contribution in [0.4, 0.5) is 17.1 Å². The van der Waals surface area contributed by atoms with Gasteiger partial charge in [-0.25, -0.2) is 0 Å². The van der Waals surface area contributed by atoms with Crippen LogP contribution >= 0.6 is 0 Å². The molecule has 7 rings (SSSR count). The molecule has 5 aromatic rings. The lowest BCUT2D eigenvalue weighted by Crippen LogP contribution is -2.20. The van der Waals surface area contributed by atoms with Crippen molar-refractivity contribution in [3.8, 4) is 35.1 Å². The summed E-state index contributed by atoms with van der Waals surface area (Å²) in [6, 6.07) is 24.8. The maximum atomic E-state index is 9.41. The normalized spacial score (nSPS) is 12.8. The van der Waals surface area contributed by atoms with Crippen molar-refractivity contribution in [1.82, 2.24) is 0 Å². The summed E-state index contributed by atoms with van der Waals surface area (Å²) in [5.74, 6) is 2.27. The van der Waals surface area contributed by atoms with E-state index in [1.54, 1.807) is 24.3 Å². The van der Waals surface area contributed by atoms with Crippen molar-refractivity contribution >= 4 is 39.0 Å². The second kappa shape index (κ2) is 5.81. The third-order valence-electron chi connectivity index (χ3n) is 5.88. The molecule has 0 aliphatic carbocycles. The first-order valence-electron chi connectivity index (χ1n) is 9.97. The molecule has 0 radical (unpaired) electrons. The Bertz CT molecular complexity index is 1710. The molecule has 2 aliphatic heterocycles. The van der Waals surface area contributed by atoms with Gasteiger partial charge in [0.05, 0.1) is 34.6 Å². The van der Waals surface area contributed by atoms with Crippen LogP contribution in [0.2, 0.25) is 0 Å². The molecule has 0 saturated heterocycles. The Morgan fingerprint density at radius 3 is 2.09 bits per heavy atom. The van der Waals surface area contributed by atoms with Crippen LogP contribution in [0.1, 0.15) is 11.1 Å². The van der Waals surface area contributed by atoms with Crippen molar-refractivity contribution in [2.45, 2.75) is 0 Å². The van der Waals surface area contributed by atoms with Gasteiger partial charge in [0.1, 0.15) is 11.3 Å². The number of fused-ring (bicyclic) bond motifs is 8. The van der Waals surface area contributed by atoms with Crippen LogP contribution in [-0.2, 0) is 0 Å². The number of para-hydroxylation sites is 1. The molecule has 0 bridgehead atoms. The van der Waals surface area contributed by atoms with Crippen LogP contribution in [0.5, 0.6) is 23.0 Å². The van der Waals surface area contributed by atoms with E-state index in [0.29, 0.717) is 39.7 Å². The van der Waals surface area contributed by atoms with E-state index < -0.39 is 0 Å². The smallest absolute Gasteiger partial charge is 0.198 e. The fourth-order valence-corrected chi connectivity index (χ4v) is 4.48. The Balaban J connectivity index is 1.61. The standard InChI is InChI=1S/C26H11N3O3/c27-12-14-5-7-18-21(9-14)30-23-11-17-16-3-1-2-4-20(16)31-25(17)26-24(23)29(18)19-8-6-15(13-28)10-22(19)32-26/h1-11H. The molecule has 0 N–H and O–H groups in total. The maximum absolute atomic E-state index is 9.41. The molecule has 0 saturated carbocycles. The van der Waals surface area contributed by atoms with Crippen molar-refractivity contribution in [1.29, 1.82) is 10.5 Å². The first-order valence-corrected chi connectivity index (χ1v) is 9.97. The number of nitriles is 2. The summed E-state index contributed by atoms with van der Waals surface area (Å²) < 4.78 is 18.8. The number of furan rings is 1. The monoisotopic (exact) mass is 413 g/mol. The molecule has 1 aromatic heterocycles. The van der Waals surface area contributed by atoms with E-state index in [-0.39, 0.29) is 0 Å². The van der Waals surface area contributed by atoms with Crippen LogP contribution in [0.15, 0.2) is 71.1 Å². The molecular formula is C26H11N3O3. The molecule has 2 aliphatic rings. The molecule has 6 nitrogen and oxygen atoms in total. The molecule has 3 heterocycles. The van der Waals surface area contributed by atoms with Crippen molar-refractivity contribution in [3.05, 3.63) is 77.9 Å². The van der Waals surface area contributed by atoms with E-state index in [1.807, 2.05) is 47.4 Å². The first-order chi connectivity index (χ1) is 15.7. The molecular weight excluding hydrogens is 402 g/mol. The first kappa shape index (κ1) is 16.8. The lowest BCUT2D eigenvalue weighted by molar-refractivity contribution is 0.444. The summed E-state index contributed by atoms with van der Waals surface area (Å²) in [6.07, 6.45) is 0. The van der Waals surface area contributed by atoms with Gasteiger partial charge >= 0.3 is 0 Å². The minimum absolute atomic E-state index is 0.498. The van der Waals surface area contributed by atoms with Crippen LogP contribution in [0, 0.1) is 22.7 Å². The van der Waals surface area contributed by atoms with Gasteiger partial charge in [0.25, 0.3) is 0 Å². The summed E-state index contributed by atoms with van der Waals surface area (Å²) >= 11 is 0. The minimum Gasteiger partial charge on any atom is -0.453 e. The number of nitrogens with zero attached hydrogens (tertiary/aromatic N) is 3. The average Bonchev–Trinajstić information content (AvgIpc) is 3.21. The van der Waals surface area contributed by atoms with Crippen molar-refractivity contribution in [3.63, 3.8) is 0 Å². The second-order valence-electron chi connectivity index (χ2n) is 7.66. The van der Waals surface area contributed by atoms with Gasteiger partial charge in [-0.3, -0.25) is 4.90 Å². The van der Waals surface area contributed by atoms with Crippen LogP contribution in [0.3, 0.4) is 0 Å². The predicted molar refractivity (Wildman–Crippen MR) is 118 cm³/mol. The molecule has 0 atom stereocenters. The van der Waals surface area contributed by atoms with Crippen molar-refractivity contribution in [2.75, 3.05) is 4.90 Å². The lowest BCUT2D eigenvalue weighted by atomic mass is 10.0. The van der Waals surface area contributed by atoms with Gasteiger partial charge in [-0.1, -0.05) is 18.2 Å². The highest BCUT2D eigenvalue weighted by Gasteiger charge is 2.37. The predicted octanol–water partition coefficient (Wildman–Crippen LogP) is 7.01. The molecule has 0 spiro atoms. The number of hydrogen-bond acceptors (Lipinski definition) is 6. The zero-order chi connectivity index (χ0) is 21.4. The van der Waals surface area contributed by atoms with Gasteiger partial charge in [-0.2, -0.15) is 10.5 Å². The van der Waals surface area contributed by atoms with E-state index in [2.05, 4.69) is 12.1 Å². The molecule has 0 amide bonds. The van der Waals surface area contributed by atoms with Gasteiger partial charge in [0.15, 0.2) is 28.6 Å². The Morgan fingerprint density at radius 2 is 1.38 bits per heavy atom. The number of hydrogen-bond donors (Lipinski definition) is 0. The van der Waals surface area contributed by atoms with Crippen molar-refractivity contribution < 1.29 is 13.9 Å². The zero-order valence-electron chi connectivity index (χ0n) is 16.4. The van der Waals surface area contributed by atoms with Crippen LogP contribution in [-0.4, -0.2) is 0 Å². The van der Waals surface area contributed by atoms with E-state index in [1.165, 1.54) is 0 Å². The third-order valence-corrected chi connectivity index (χ3v) is 5.88. The summed E-state index contributed by atoms with van der Waals surface area (Å²) in [4.78, 5) is 2.04. The van der Waals surface area contributed by atoms with Gasteiger partial charge in [0, 0.05) is 22.9 Å². The van der Waals surface area contributed by atoms with E-state index in [4.69, 9.17) is 13.9 Å². The fourth-order valence-electron chi connectivity index (χ4n) is 4.48. The SMILES string of the molecule is N#Cc1ccc2c(c1)Oc1cc3c(oc4ccccc43)c3c1N2c1ccc(C#N)cc1O3. The van der Waals surface area contributed by atoms with Crippen molar-refractivity contribution in [2.24, 2.45) is 0 Å². The Labute approximate surface area is 181 Å². The summed E-state index contributed by atoms with van der Waals surface area (Å²) in [5.41, 5.74) is 4.66. The summed E-state index contributed by atoms with van der Waals surface area (Å²) in [7, 11) is 0. The number of benzene rings is 4. The highest BCUT2D eigenvalue weighted by atomic mass is 16.5. The number of rotatable bonds is 0. The topological polar surface area (TPSA) is 82.4 Å². The highest BCUT2D eigenvalue weighted by Crippen LogP contribution is 2.62. The molecule has 0 unspecified atom stereocenters. The van der Waals surface area contributed by atoms with Gasteiger partial charge in [0.2, 0.25) is 0 Å². The molecule has 148 valence electrons. The maximum Gasteiger partial charge on any atom is 0.198 e. The zero-order valence-corrected chi connectivity index (χ0v) is 16.4. The van der Waals surface area contributed by atoms with E-state index >= 15 is 0 Å². The third kappa shape index (κ3) is 2.05. The Hall–Kier alpha value is -4.94. The fraction of sp³-hybridized carbons (Fsp3) is 0. The molecule has 0 fully saturated rings. The van der Waals surface area contributed by atoms with Crippen LogP contribution < -0.4 is 14.4 Å². The van der Waals surface area contributed by atoms with E-state index in [0.717, 1.165) is 33.4 Å². The van der Waals surface area contributed by atoms with Gasteiger partial charge in [-0.05, 0) is 36.4 Å². The van der Waals surface area contributed by atoms with E-state index in [9.17, 15) is 10.5 Å². The Morgan fingerprint density at radius 1 is 0.688 bits per heavy atom. The lowest BCUT2D eigenvalue weighted by Gasteiger charge is -2.37. The largest absolute Gasteiger partial charge is 0.453 e. The van der Waals surface area contributed by atoms with Crippen LogP contribution in [0.25, 0.3) is 21.9 Å². The summed E-state index contributed by atoms with van der Waals surface area (Å²) in [5, 5.41) is 20.6. The van der Waals surface area contributed by atoms with Gasteiger partial charge in [-0.15, -0.1) is 0 Å². The minimum atomic E-state index is 0.498. The molecule has 4 aromatic carbocycles. The molecule has 6 heteroatoms. The highest BCUT2D eigenvalue weighted by molar-refractivity contribution is 6.12.